The molecule has 2 aromatic carbocycles. The molecule has 27 heavy (non-hydrogen) atoms. The third kappa shape index (κ3) is 3.62. The second-order valence-electron chi connectivity index (χ2n) is 7.77. The maximum Gasteiger partial charge on any atom is 0.105 e. The van der Waals surface area contributed by atoms with Gasteiger partial charge in [0.15, 0.2) is 0 Å². The van der Waals surface area contributed by atoms with Crippen molar-refractivity contribution in [3.8, 4) is 0 Å². The minimum Gasteiger partial charge on any atom is -0.299 e. The summed E-state index contributed by atoms with van der Waals surface area (Å²) < 4.78 is 8.67. The number of hydrazine groups is 1. The van der Waals surface area contributed by atoms with Crippen molar-refractivity contribution in [2.24, 2.45) is 5.92 Å². The smallest absolute Gasteiger partial charge is 0.105 e. The molecule has 2 unspecified atom stereocenters. The van der Waals surface area contributed by atoms with Gasteiger partial charge in [-0.2, -0.15) is 8.75 Å². The third-order valence-electron chi connectivity index (χ3n) is 6.12. The van der Waals surface area contributed by atoms with Crippen molar-refractivity contribution < 1.29 is 0 Å². The molecule has 2 atom stereocenters. The first-order valence-corrected chi connectivity index (χ1v) is 10.6. The lowest BCUT2D eigenvalue weighted by Gasteiger charge is -2.36. The number of fused-ring (bicyclic) bond motifs is 1. The molecule has 5 rings (SSSR count). The van der Waals surface area contributed by atoms with Gasteiger partial charge in [-0.15, -0.1) is 0 Å². The molecule has 2 fully saturated rings. The summed E-state index contributed by atoms with van der Waals surface area (Å²) in [6, 6.07) is 18.0. The van der Waals surface area contributed by atoms with Crippen LogP contribution in [0.4, 0.5) is 0 Å². The number of rotatable bonds is 4. The second-order valence-corrected chi connectivity index (χ2v) is 8.30. The molecule has 2 N–H and O–H groups in total. The minimum absolute atomic E-state index is 0.534. The highest BCUT2D eigenvalue weighted by molar-refractivity contribution is 7.00. The lowest BCUT2D eigenvalue weighted by atomic mass is 9.80. The number of benzene rings is 2. The summed E-state index contributed by atoms with van der Waals surface area (Å²) in [6.07, 6.45) is 2.51. The number of nitrogens with zero attached hydrogens (tertiary/aromatic N) is 3. The monoisotopic (exact) mass is 379 g/mol. The number of hydrogen-bond acceptors (Lipinski definition) is 6. The van der Waals surface area contributed by atoms with Crippen LogP contribution in [0.3, 0.4) is 0 Å². The predicted octanol–water partition coefficient (Wildman–Crippen LogP) is 3.16. The van der Waals surface area contributed by atoms with Crippen molar-refractivity contribution in [1.82, 2.24) is 24.5 Å². The van der Waals surface area contributed by atoms with E-state index in [0.29, 0.717) is 12.0 Å². The van der Waals surface area contributed by atoms with Crippen LogP contribution in [0.2, 0.25) is 0 Å². The summed E-state index contributed by atoms with van der Waals surface area (Å²) >= 11 is 1.29. The van der Waals surface area contributed by atoms with E-state index in [1.807, 2.05) is 0 Å². The van der Waals surface area contributed by atoms with E-state index in [4.69, 9.17) is 0 Å². The van der Waals surface area contributed by atoms with Gasteiger partial charge in [0.1, 0.15) is 11.0 Å². The van der Waals surface area contributed by atoms with Gasteiger partial charge in [0.2, 0.25) is 0 Å². The number of aromatic nitrogens is 2. The molecule has 6 heteroatoms. The van der Waals surface area contributed by atoms with E-state index in [0.717, 1.165) is 43.1 Å². The molecular formula is C21H25N5S. The molecule has 0 aliphatic carbocycles. The molecule has 2 aliphatic rings. The van der Waals surface area contributed by atoms with Gasteiger partial charge in [-0.1, -0.05) is 36.4 Å². The Balaban J connectivity index is 1.21. The first-order chi connectivity index (χ1) is 13.4. The quantitative estimate of drug-likeness (QED) is 0.729. The number of likely N-dealkylation sites (tertiary alicyclic amines) is 1. The largest absolute Gasteiger partial charge is 0.299 e. The van der Waals surface area contributed by atoms with Crippen LogP contribution in [0.1, 0.15) is 29.9 Å². The van der Waals surface area contributed by atoms with Crippen molar-refractivity contribution in [3.63, 3.8) is 0 Å². The Bertz CT molecular complexity index is 888. The van der Waals surface area contributed by atoms with Crippen molar-refractivity contribution >= 4 is 22.8 Å². The van der Waals surface area contributed by atoms with E-state index in [2.05, 4.69) is 73.0 Å². The fourth-order valence-electron chi connectivity index (χ4n) is 4.64. The molecule has 0 spiro atoms. The molecule has 2 aliphatic heterocycles. The van der Waals surface area contributed by atoms with Crippen LogP contribution in [0.15, 0.2) is 48.5 Å². The topological polar surface area (TPSA) is 53.1 Å². The van der Waals surface area contributed by atoms with Gasteiger partial charge in [-0.25, -0.2) is 0 Å². The van der Waals surface area contributed by atoms with Crippen molar-refractivity contribution in [1.29, 1.82) is 0 Å². The van der Waals surface area contributed by atoms with E-state index in [1.54, 1.807) is 0 Å². The van der Waals surface area contributed by atoms with E-state index in [9.17, 15) is 0 Å². The molecule has 3 heterocycles. The summed E-state index contributed by atoms with van der Waals surface area (Å²) in [4.78, 5) is 2.58. The Morgan fingerprint density at radius 2 is 1.81 bits per heavy atom. The van der Waals surface area contributed by atoms with Crippen LogP contribution in [0, 0.1) is 5.92 Å². The highest BCUT2D eigenvalue weighted by Gasteiger charge is 2.36. The van der Waals surface area contributed by atoms with Gasteiger partial charge in [-0.3, -0.25) is 15.8 Å². The fraction of sp³-hybridized carbons (Fsp3) is 0.429. The second kappa shape index (κ2) is 7.64. The lowest BCUT2D eigenvalue weighted by Crippen LogP contribution is -2.44. The number of piperidine rings is 1. The van der Waals surface area contributed by atoms with Crippen LogP contribution in [-0.4, -0.2) is 39.3 Å². The fourth-order valence-corrected chi connectivity index (χ4v) is 5.16. The summed E-state index contributed by atoms with van der Waals surface area (Å²) in [5.41, 5.74) is 11.8. The van der Waals surface area contributed by atoms with E-state index >= 15 is 0 Å². The third-order valence-corrected chi connectivity index (χ3v) is 6.67. The first kappa shape index (κ1) is 17.3. The van der Waals surface area contributed by atoms with Gasteiger partial charge in [0.05, 0.1) is 11.7 Å². The zero-order valence-electron chi connectivity index (χ0n) is 15.3. The highest BCUT2D eigenvalue weighted by atomic mass is 32.1. The molecule has 0 radical (unpaired) electrons. The lowest BCUT2D eigenvalue weighted by molar-refractivity contribution is 0.152. The minimum atomic E-state index is 0.534. The van der Waals surface area contributed by atoms with Crippen LogP contribution >= 0.6 is 11.7 Å². The molecule has 0 amide bonds. The van der Waals surface area contributed by atoms with Gasteiger partial charge in [-0.05, 0) is 55.1 Å². The van der Waals surface area contributed by atoms with Gasteiger partial charge in [0.25, 0.3) is 0 Å². The predicted molar refractivity (Wildman–Crippen MR) is 110 cm³/mol. The van der Waals surface area contributed by atoms with E-state index < -0.39 is 0 Å². The molecule has 0 saturated carbocycles. The van der Waals surface area contributed by atoms with Gasteiger partial charge < -0.3 is 0 Å². The summed E-state index contributed by atoms with van der Waals surface area (Å²) in [7, 11) is 0. The van der Waals surface area contributed by atoms with E-state index in [1.165, 1.54) is 35.7 Å². The Hall–Kier alpha value is -1.86. The Labute approximate surface area is 164 Å². The molecule has 5 nitrogen and oxygen atoms in total. The average molecular weight is 380 g/mol. The van der Waals surface area contributed by atoms with E-state index in [-0.39, 0.29) is 0 Å². The molecule has 0 bridgehead atoms. The van der Waals surface area contributed by atoms with Gasteiger partial charge >= 0.3 is 0 Å². The summed E-state index contributed by atoms with van der Waals surface area (Å²) in [6.45, 7) is 4.37. The maximum atomic E-state index is 4.37. The molecule has 1 aromatic heterocycles. The van der Waals surface area contributed by atoms with Crippen molar-refractivity contribution in [3.05, 3.63) is 59.7 Å². The molecule has 140 valence electrons. The molecule has 3 aromatic rings. The standard InChI is InChI=1S/C21H25N5S/c1-2-4-16(5-3-1)18-13-22-23-21(18)17-8-10-26(11-9-17)14-15-6-7-19-20(12-15)25-27-24-19/h1-7,12,17-18,21-23H,8-11,13-14H2. The first-order valence-electron chi connectivity index (χ1n) is 9.84. The number of nitrogens with one attached hydrogen (secondary N) is 2. The highest BCUT2D eigenvalue weighted by Crippen LogP contribution is 2.32. The molecule has 2 saturated heterocycles. The normalized spacial score (nSPS) is 24.6. The van der Waals surface area contributed by atoms with Crippen molar-refractivity contribution in [2.75, 3.05) is 19.6 Å². The number of hydrogen-bond donors (Lipinski definition) is 2. The van der Waals surface area contributed by atoms with Crippen LogP contribution < -0.4 is 10.9 Å². The Morgan fingerprint density at radius 3 is 2.67 bits per heavy atom. The average Bonchev–Trinajstić information content (AvgIpc) is 3.38. The Morgan fingerprint density at radius 1 is 1.00 bits per heavy atom. The van der Waals surface area contributed by atoms with Crippen LogP contribution in [0.25, 0.3) is 11.0 Å². The zero-order chi connectivity index (χ0) is 18.1. The summed E-state index contributed by atoms with van der Waals surface area (Å²) in [5.74, 6) is 1.30. The summed E-state index contributed by atoms with van der Waals surface area (Å²) in [5, 5.41) is 0. The van der Waals surface area contributed by atoms with Crippen LogP contribution in [0.5, 0.6) is 0 Å². The SMILES string of the molecule is c1ccc(C2CNNC2C2CCN(Cc3ccc4nsnc4c3)CC2)cc1. The van der Waals surface area contributed by atoms with Crippen molar-refractivity contribution in [2.45, 2.75) is 31.3 Å². The van der Waals surface area contributed by atoms with Crippen LogP contribution in [-0.2, 0) is 6.54 Å². The molecular weight excluding hydrogens is 354 g/mol. The van der Waals surface area contributed by atoms with Gasteiger partial charge in [0, 0.05) is 25.0 Å². The maximum absolute atomic E-state index is 4.37. The Kier molecular flexibility index (Phi) is 4.88. The zero-order valence-corrected chi connectivity index (χ0v) is 16.2.